The van der Waals surface area contributed by atoms with Gasteiger partial charge in [0.1, 0.15) is 11.4 Å². The van der Waals surface area contributed by atoms with E-state index < -0.39 is 0 Å². The molecule has 2 saturated heterocycles. The minimum atomic E-state index is -0.290. The van der Waals surface area contributed by atoms with E-state index in [9.17, 15) is 0 Å². The minimum Gasteiger partial charge on any atom is -0.486 e. The van der Waals surface area contributed by atoms with Crippen LogP contribution in [0.1, 0.15) is 50.5 Å². The van der Waals surface area contributed by atoms with Crippen molar-refractivity contribution in [2.75, 3.05) is 19.7 Å². The summed E-state index contributed by atoms with van der Waals surface area (Å²) >= 11 is 6.44. The molecule has 0 N–H and O–H groups in total. The van der Waals surface area contributed by atoms with Gasteiger partial charge in [0.15, 0.2) is 0 Å². The number of para-hydroxylation sites is 1. The highest BCUT2D eigenvalue weighted by molar-refractivity contribution is 6.32. The van der Waals surface area contributed by atoms with E-state index in [-0.39, 0.29) is 17.1 Å². The first-order valence-electron chi connectivity index (χ1n) is 10.6. The second kappa shape index (κ2) is 7.00. The van der Waals surface area contributed by atoms with Crippen LogP contribution in [0.15, 0.2) is 30.7 Å². The van der Waals surface area contributed by atoms with E-state index in [1.54, 1.807) is 0 Å². The van der Waals surface area contributed by atoms with Crippen LogP contribution < -0.4 is 4.74 Å². The van der Waals surface area contributed by atoms with Gasteiger partial charge in [-0.15, -0.1) is 0 Å². The van der Waals surface area contributed by atoms with Crippen LogP contribution in [-0.4, -0.2) is 39.7 Å². The Labute approximate surface area is 178 Å². The van der Waals surface area contributed by atoms with Gasteiger partial charge in [-0.25, -0.2) is 4.98 Å². The van der Waals surface area contributed by atoms with Crippen molar-refractivity contribution in [3.8, 4) is 5.75 Å². The van der Waals surface area contributed by atoms with Crippen LogP contribution in [0.5, 0.6) is 5.75 Å². The standard InChI is InChI=1S/C23H30ClN3O2/c1-22(2)18-11-23(7-9-27(10-8-23)13-16-12-25-15-26(16)3)14-28-20(18)17-5-4-6-19(24)21(17)29-22/h4-6,12,15,18,20H,7-11,13-14H2,1-3H3. The average Bonchev–Trinajstić information content (AvgIpc) is 3.10. The third-order valence-electron chi connectivity index (χ3n) is 7.37. The Morgan fingerprint density at radius 3 is 2.76 bits per heavy atom. The van der Waals surface area contributed by atoms with Gasteiger partial charge in [-0.1, -0.05) is 23.7 Å². The molecule has 1 aromatic carbocycles. The van der Waals surface area contributed by atoms with E-state index in [0.29, 0.717) is 10.9 Å². The Balaban J connectivity index is 1.31. The van der Waals surface area contributed by atoms with Gasteiger partial charge in [-0.2, -0.15) is 0 Å². The smallest absolute Gasteiger partial charge is 0.144 e. The molecule has 0 radical (unpaired) electrons. The van der Waals surface area contributed by atoms with Crippen LogP contribution in [0.4, 0.5) is 0 Å². The molecule has 6 heteroatoms. The van der Waals surface area contributed by atoms with Gasteiger partial charge in [0.05, 0.1) is 29.8 Å². The topological polar surface area (TPSA) is 39.5 Å². The molecular weight excluding hydrogens is 386 g/mol. The summed E-state index contributed by atoms with van der Waals surface area (Å²) in [6.07, 6.45) is 7.43. The monoisotopic (exact) mass is 415 g/mol. The number of ether oxygens (including phenoxy) is 2. The fourth-order valence-corrected chi connectivity index (χ4v) is 5.65. The van der Waals surface area contributed by atoms with Gasteiger partial charge in [0.2, 0.25) is 0 Å². The maximum atomic E-state index is 6.58. The first kappa shape index (κ1) is 19.4. The van der Waals surface area contributed by atoms with Crippen molar-refractivity contribution in [2.24, 2.45) is 18.4 Å². The fraction of sp³-hybridized carbons (Fsp3) is 0.609. The van der Waals surface area contributed by atoms with E-state index in [1.807, 2.05) is 24.7 Å². The zero-order chi connectivity index (χ0) is 20.2. The predicted molar refractivity (Wildman–Crippen MR) is 113 cm³/mol. The normalized spacial score (nSPS) is 27.9. The summed E-state index contributed by atoms with van der Waals surface area (Å²) in [5.74, 6) is 1.15. The number of benzene rings is 1. The number of imidazole rings is 1. The predicted octanol–water partition coefficient (Wildman–Crippen LogP) is 4.60. The third-order valence-corrected chi connectivity index (χ3v) is 7.67. The molecule has 0 aliphatic carbocycles. The van der Waals surface area contributed by atoms with E-state index >= 15 is 0 Å². The summed E-state index contributed by atoms with van der Waals surface area (Å²) in [7, 11) is 2.07. The Bertz CT molecular complexity index is 901. The van der Waals surface area contributed by atoms with Crippen LogP contribution in [0.3, 0.4) is 0 Å². The van der Waals surface area contributed by atoms with Gasteiger partial charge < -0.3 is 14.0 Å². The lowest BCUT2D eigenvalue weighted by Gasteiger charge is -2.54. The van der Waals surface area contributed by atoms with Crippen molar-refractivity contribution < 1.29 is 9.47 Å². The number of fused-ring (bicyclic) bond motifs is 3. The van der Waals surface area contributed by atoms with Crippen molar-refractivity contribution >= 4 is 11.6 Å². The maximum Gasteiger partial charge on any atom is 0.144 e. The highest BCUT2D eigenvalue weighted by atomic mass is 35.5. The lowest BCUT2D eigenvalue weighted by atomic mass is 9.64. The molecule has 29 heavy (non-hydrogen) atoms. The molecule has 2 atom stereocenters. The molecule has 2 unspecified atom stereocenters. The summed E-state index contributed by atoms with van der Waals surface area (Å²) in [4.78, 5) is 6.80. The molecular formula is C23H30ClN3O2. The molecule has 4 heterocycles. The number of likely N-dealkylation sites (tertiary alicyclic amines) is 1. The van der Waals surface area contributed by atoms with Crippen molar-refractivity contribution in [3.63, 3.8) is 0 Å². The van der Waals surface area contributed by atoms with E-state index in [4.69, 9.17) is 21.1 Å². The van der Waals surface area contributed by atoms with Gasteiger partial charge in [0, 0.05) is 31.3 Å². The summed E-state index contributed by atoms with van der Waals surface area (Å²) in [6, 6.07) is 6.02. The number of aromatic nitrogens is 2. The van der Waals surface area contributed by atoms with Gasteiger partial charge in [-0.3, -0.25) is 4.90 Å². The summed E-state index contributed by atoms with van der Waals surface area (Å²) in [6.45, 7) is 8.40. The Morgan fingerprint density at radius 2 is 2.03 bits per heavy atom. The Hall–Kier alpha value is -1.56. The Morgan fingerprint density at radius 1 is 1.24 bits per heavy atom. The molecule has 1 spiro atoms. The molecule has 5 nitrogen and oxygen atoms in total. The van der Waals surface area contributed by atoms with E-state index in [0.717, 1.165) is 44.0 Å². The lowest BCUT2D eigenvalue weighted by molar-refractivity contribution is -0.174. The maximum absolute atomic E-state index is 6.58. The van der Waals surface area contributed by atoms with Crippen molar-refractivity contribution in [2.45, 2.75) is 51.4 Å². The van der Waals surface area contributed by atoms with Gasteiger partial charge in [0.25, 0.3) is 0 Å². The van der Waals surface area contributed by atoms with Crippen molar-refractivity contribution in [1.82, 2.24) is 14.5 Å². The fourth-order valence-electron chi connectivity index (χ4n) is 5.43. The van der Waals surface area contributed by atoms with Crippen LogP contribution in [-0.2, 0) is 18.3 Å². The zero-order valence-corrected chi connectivity index (χ0v) is 18.3. The number of hydrogen-bond donors (Lipinski definition) is 0. The largest absolute Gasteiger partial charge is 0.486 e. The molecule has 3 aliphatic rings. The first-order chi connectivity index (χ1) is 13.9. The molecule has 0 saturated carbocycles. The van der Waals surface area contributed by atoms with E-state index in [2.05, 4.69) is 41.4 Å². The number of halogens is 1. The molecule has 0 bridgehead atoms. The molecule has 3 aliphatic heterocycles. The van der Waals surface area contributed by atoms with Crippen molar-refractivity contribution in [1.29, 1.82) is 0 Å². The average molecular weight is 416 g/mol. The van der Waals surface area contributed by atoms with Gasteiger partial charge in [-0.05, 0) is 57.7 Å². The first-order valence-corrected chi connectivity index (χ1v) is 11.0. The zero-order valence-electron chi connectivity index (χ0n) is 17.5. The number of hydrogen-bond acceptors (Lipinski definition) is 4. The second-order valence-electron chi connectivity index (χ2n) is 9.68. The van der Waals surface area contributed by atoms with E-state index in [1.165, 1.54) is 18.5 Å². The van der Waals surface area contributed by atoms with Crippen LogP contribution in [0.2, 0.25) is 5.02 Å². The third kappa shape index (κ3) is 3.37. The quantitative estimate of drug-likeness (QED) is 0.718. The Kier molecular flexibility index (Phi) is 4.68. The number of piperidine rings is 1. The molecule has 2 fully saturated rings. The number of aryl methyl sites for hydroxylation is 1. The minimum absolute atomic E-state index is 0.0746. The highest BCUT2D eigenvalue weighted by Gasteiger charge is 2.53. The van der Waals surface area contributed by atoms with Crippen LogP contribution in [0.25, 0.3) is 0 Å². The summed E-state index contributed by atoms with van der Waals surface area (Å²) in [5.41, 5.74) is 2.35. The second-order valence-corrected chi connectivity index (χ2v) is 10.1. The summed E-state index contributed by atoms with van der Waals surface area (Å²) < 4.78 is 15.1. The molecule has 2 aromatic rings. The molecule has 0 amide bonds. The summed E-state index contributed by atoms with van der Waals surface area (Å²) in [5, 5.41) is 0.682. The SMILES string of the molecule is Cn1cncc1CN1CCC2(CC1)COC1c3cccc(Cl)c3OC(C)(C)C1C2. The number of rotatable bonds is 2. The van der Waals surface area contributed by atoms with Crippen molar-refractivity contribution in [3.05, 3.63) is 47.0 Å². The lowest BCUT2D eigenvalue weighted by Crippen LogP contribution is -2.54. The number of nitrogens with zero attached hydrogens (tertiary/aromatic N) is 3. The molecule has 156 valence electrons. The highest BCUT2D eigenvalue weighted by Crippen LogP contribution is 2.56. The molecule has 5 rings (SSSR count). The van der Waals surface area contributed by atoms with Gasteiger partial charge >= 0.3 is 0 Å². The van der Waals surface area contributed by atoms with Crippen LogP contribution >= 0.6 is 11.6 Å². The molecule has 1 aromatic heterocycles. The van der Waals surface area contributed by atoms with Crippen LogP contribution in [0, 0.1) is 11.3 Å².